The van der Waals surface area contributed by atoms with Crippen LogP contribution < -0.4 is 10.2 Å². The van der Waals surface area contributed by atoms with Gasteiger partial charge in [0.05, 0.1) is 19.1 Å². The molecule has 1 aromatic rings. The molecule has 1 aromatic carbocycles. The Kier molecular flexibility index (Phi) is 7.49. The Bertz CT molecular complexity index is 732. The van der Waals surface area contributed by atoms with Crippen molar-refractivity contribution in [3.63, 3.8) is 0 Å². The van der Waals surface area contributed by atoms with Gasteiger partial charge in [-0.05, 0) is 50.8 Å². The lowest BCUT2D eigenvalue weighted by Crippen LogP contribution is -2.48. The standard InChI is InChI=1S/C22H32N4O3/c1-3-23-22(25-13-5-7-18(16-25)21(28)29-4-2)24-15-17-9-11-19(12-10-17)26-14-6-8-20(26)27/h9-12,18H,3-8,13-16H2,1-2H3,(H,23,24). The average Bonchev–Trinajstić information content (AvgIpc) is 3.17. The lowest BCUT2D eigenvalue weighted by atomic mass is 9.98. The summed E-state index contributed by atoms with van der Waals surface area (Å²) >= 11 is 0. The number of carbonyl (C=O) groups is 2. The Morgan fingerprint density at radius 2 is 2.00 bits per heavy atom. The first kappa shape index (κ1) is 21.1. The zero-order valence-corrected chi connectivity index (χ0v) is 17.5. The van der Waals surface area contributed by atoms with Crippen molar-refractivity contribution < 1.29 is 14.3 Å². The molecule has 0 bridgehead atoms. The lowest BCUT2D eigenvalue weighted by Gasteiger charge is -2.34. The highest BCUT2D eigenvalue weighted by atomic mass is 16.5. The van der Waals surface area contributed by atoms with E-state index in [-0.39, 0.29) is 17.8 Å². The Balaban J connectivity index is 1.64. The predicted molar refractivity (Wildman–Crippen MR) is 114 cm³/mol. The minimum atomic E-state index is -0.111. The Morgan fingerprint density at radius 3 is 2.66 bits per heavy atom. The van der Waals surface area contributed by atoms with Crippen molar-refractivity contribution in [1.82, 2.24) is 10.2 Å². The van der Waals surface area contributed by atoms with Crippen LogP contribution in [0.25, 0.3) is 0 Å². The van der Waals surface area contributed by atoms with Crippen molar-refractivity contribution in [2.24, 2.45) is 10.9 Å². The summed E-state index contributed by atoms with van der Waals surface area (Å²) in [6, 6.07) is 8.06. The maximum absolute atomic E-state index is 12.1. The molecule has 1 amide bonds. The van der Waals surface area contributed by atoms with Crippen molar-refractivity contribution in [3.8, 4) is 0 Å². The first-order chi connectivity index (χ1) is 14.1. The maximum Gasteiger partial charge on any atom is 0.310 e. The molecule has 2 saturated heterocycles. The van der Waals surface area contributed by atoms with Crippen LogP contribution in [0.15, 0.2) is 29.3 Å². The van der Waals surface area contributed by atoms with E-state index in [4.69, 9.17) is 9.73 Å². The highest BCUT2D eigenvalue weighted by Crippen LogP contribution is 2.22. The monoisotopic (exact) mass is 400 g/mol. The van der Waals surface area contributed by atoms with Crippen molar-refractivity contribution in [2.45, 2.75) is 46.1 Å². The number of ether oxygens (including phenoxy) is 1. The number of carbonyl (C=O) groups excluding carboxylic acids is 2. The number of nitrogens with zero attached hydrogens (tertiary/aromatic N) is 3. The van der Waals surface area contributed by atoms with Crippen LogP contribution >= 0.6 is 0 Å². The zero-order chi connectivity index (χ0) is 20.6. The average molecular weight is 401 g/mol. The van der Waals surface area contributed by atoms with Gasteiger partial charge >= 0.3 is 5.97 Å². The highest BCUT2D eigenvalue weighted by molar-refractivity contribution is 5.95. The third kappa shape index (κ3) is 5.49. The normalized spacial score (nSPS) is 20.1. The number of likely N-dealkylation sites (tertiary alicyclic amines) is 1. The molecule has 29 heavy (non-hydrogen) atoms. The fourth-order valence-corrected chi connectivity index (χ4v) is 3.92. The first-order valence-corrected chi connectivity index (χ1v) is 10.7. The summed E-state index contributed by atoms with van der Waals surface area (Å²) in [5.41, 5.74) is 2.05. The molecule has 0 aromatic heterocycles. The summed E-state index contributed by atoms with van der Waals surface area (Å²) in [6.45, 7) is 7.96. The molecule has 1 atom stereocenters. The highest BCUT2D eigenvalue weighted by Gasteiger charge is 2.28. The Labute approximate surface area is 173 Å². The molecule has 1 N–H and O–H groups in total. The second kappa shape index (κ2) is 10.3. The number of aliphatic imine (C=N–C) groups is 1. The van der Waals surface area contributed by atoms with Crippen LogP contribution in [0.2, 0.25) is 0 Å². The first-order valence-electron chi connectivity index (χ1n) is 10.7. The smallest absolute Gasteiger partial charge is 0.310 e. The Morgan fingerprint density at radius 1 is 1.21 bits per heavy atom. The molecule has 2 heterocycles. The van der Waals surface area contributed by atoms with E-state index in [1.807, 2.05) is 43.0 Å². The molecule has 0 radical (unpaired) electrons. The van der Waals surface area contributed by atoms with Gasteiger partial charge in [0.25, 0.3) is 0 Å². The molecular weight excluding hydrogens is 368 g/mol. The van der Waals surface area contributed by atoms with Gasteiger partial charge in [-0.1, -0.05) is 12.1 Å². The number of esters is 1. The fourth-order valence-electron chi connectivity index (χ4n) is 3.92. The molecular formula is C22H32N4O3. The van der Waals surface area contributed by atoms with Crippen LogP contribution in [0, 0.1) is 5.92 Å². The number of rotatable bonds is 6. The number of hydrogen-bond donors (Lipinski definition) is 1. The quantitative estimate of drug-likeness (QED) is 0.451. The van der Waals surface area contributed by atoms with Crippen molar-refractivity contribution in [2.75, 3.05) is 37.7 Å². The molecule has 158 valence electrons. The summed E-state index contributed by atoms with van der Waals surface area (Å²) < 4.78 is 5.21. The number of anilines is 1. The van der Waals surface area contributed by atoms with E-state index in [9.17, 15) is 9.59 Å². The van der Waals surface area contributed by atoms with Crippen LogP contribution in [-0.4, -0.2) is 55.5 Å². The van der Waals surface area contributed by atoms with E-state index in [0.29, 0.717) is 26.1 Å². The number of benzene rings is 1. The molecule has 2 aliphatic rings. The van der Waals surface area contributed by atoms with Gasteiger partial charge in [0.2, 0.25) is 5.91 Å². The zero-order valence-electron chi connectivity index (χ0n) is 17.5. The van der Waals surface area contributed by atoms with Crippen LogP contribution in [0.1, 0.15) is 45.1 Å². The molecule has 0 saturated carbocycles. The van der Waals surface area contributed by atoms with Gasteiger partial charge in [-0.2, -0.15) is 0 Å². The summed E-state index contributed by atoms with van der Waals surface area (Å²) in [7, 11) is 0. The van der Waals surface area contributed by atoms with Gasteiger partial charge in [-0.25, -0.2) is 4.99 Å². The van der Waals surface area contributed by atoms with Gasteiger partial charge in [0, 0.05) is 38.3 Å². The van der Waals surface area contributed by atoms with Crippen molar-refractivity contribution in [1.29, 1.82) is 0 Å². The van der Waals surface area contributed by atoms with E-state index in [0.717, 1.165) is 56.1 Å². The molecule has 2 fully saturated rings. The van der Waals surface area contributed by atoms with Crippen LogP contribution in [0.3, 0.4) is 0 Å². The number of nitrogens with one attached hydrogen (secondary N) is 1. The number of amides is 1. The topological polar surface area (TPSA) is 74.2 Å². The van der Waals surface area contributed by atoms with Gasteiger partial charge in [0.15, 0.2) is 5.96 Å². The van der Waals surface area contributed by atoms with Gasteiger partial charge in [-0.15, -0.1) is 0 Å². The second-order valence-electron chi connectivity index (χ2n) is 7.52. The minimum absolute atomic E-state index is 0.0927. The Hall–Kier alpha value is -2.57. The SMILES string of the molecule is CCNC(=NCc1ccc(N2CCCC2=O)cc1)N1CCCC(C(=O)OCC)C1. The summed E-state index contributed by atoms with van der Waals surface area (Å²) in [4.78, 5) is 32.8. The molecule has 2 aliphatic heterocycles. The van der Waals surface area contributed by atoms with Crippen LogP contribution in [0.5, 0.6) is 0 Å². The molecule has 0 aliphatic carbocycles. The summed E-state index contributed by atoms with van der Waals surface area (Å²) in [6.07, 6.45) is 3.39. The van der Waals surface area contributed by atoms with E-state index >= 15 is 0 Å². The van der Waals surface area contributed by atoms with E-state index in [2.05, 4.69) is 10.2 Å². The number of hydrogen-bond acceptors (Lipinski definition) is 4. The molecule has 3 rings (SSSR count). The lowest BCUT2D eigenvalue weighted by molar-refractivity contribution is -0.149. The van der Waals surface area contributed by atoms with E-state index in [1.54, 1.807) is 0 Å². The van der Waals surface area contributed by atoms with Gasteiger partial charge in [-0.3, -0.25) is 9.59 Å². The van der Waals surface area contributed by atoms with E-state index < -0.39 is 0 Å². The third-order valence-corrected chi connectivity index (χ3v) is 5.41. The summed E-state index contributed by atoms with van der Waals surface area (Å²) in [5.74, 6) is 0.830. The number of piperidine rings is 1. The van der Waals surface area contributed by atoms with Crippen molar-refractivity contribution >= 4 is 23.5 Å². The number of guanidine groups is 1. The predicted octanol–water partition coefficient (Wildman–Crippen LogP) is 2.55. The van der Waals surface area contributed by atoms with E-state index in [1.165, 1.54) is 0 Å². The summed E-state index contributed by atoms with van der Waals surface area (Å²) in [5, 5.41) is 3.35. The minimum Gasteiger partial charge on any atom is -0.466 e. The van der Waals surface area contributed by atoms with Crippen LogP contribution in [0.4, 0.5) is 5.69 Å². The fraction of sp³-hybridized carbons (Fsp3) is 0.591. The van der Waals surface area contributed by atoms with Crippen LogP contribution in [-0.2, 0) is 20.9 Å². The molecule has 7 heteroatoms. The molecule has 1 unspecified atom stereocenters. The maximum atomic E-state index is 12.1. The third-order valence-electron chi connectivity index (χ3n) is 5.41. The van der Waals surface area contributed by atoms with Crippen molar-refractivity contribution in [3.05, 3.63) is 29.8 Å². The second-order valence-corrected chi connectivity index (χ2v) is 7.52. The van der Waals surface area contributed by atoms with Gasteiger partial charge < -0.3 is 19.9 Å². The largest absolute Gasteiger partial charge is 0.466 e. The van der Waals surface area contributed by atoms with Gasteiger partial charge in [0.1, 0.15) is 0 Å². The molecule has 7 nitrogen and oxygen atoms in total. The molecule has 0 spiro atoms.